The Hall–Kier alpha value is -1.66. The molecule has 1 aromatic carbocycles. The van der Waals surface area contributed by atoms with E-state index in [9.17, 15) is 14.5 Å². The van der Waals surface area contributed by atoms with Crippen LogP contribution < -0.4 is 0 Å². The average Bonchev–Trinajstić information content (AvgIpc) is 2.65. The van der Waals surface area contributed by atoms with Crippen molar-refractivity contribution in [2.45, 2.75) is 6.54 Å². The molecule has 1 heterocycles. The predicted molar refractivity (Wildman–Crippen MR) is 64.4 cm³/mol. The van der Waals surface area contributed by atoms with Gasteiger partial charge in [0, 0.05) is 10.6 Å². The van der Waals surface area contributed by atoms with Crippen LogP contribution in [0.2, 0.25) is 10.0 Å². The minimum absolute atomic E-state index is 0.0138. The van der Waals surface area contributed by atoms with Gasteiger partial charge < -0.3 is 10.1 Å². The highest BCUT2D eigenvalue weighted by Crippen LogP contribution is 2.23. The molecule has 0 amide bonds. The highest BCUT2D eigenvalue weighted by atomic mass is 35.5. The lowest BCUT2D eigenvalue weighted by molar-refractivity contribution is -0.389. The molecular formula is C10H6Cl2FN3O2. The molecule has 0 radical (unpaired) electrons. The summed E-state index contributed by atoms with van der Waals surface area (Å²) in [7, 11) is 0. The van der Waals surface area contributed by atoms with E-state index in [1.807, 2.05) is 0 Å². The fourth-order valence-corrected chi connectivity index (χ4v) is 1.84. The Morgan fingerprint density at radius 1 is 1.44 bits per heavy atom. The first-order chi connectivity index (χ1) is 8.47. The summed E-state index contributed by atoms with van der Waals surface area (Å²) in [6, 6.07) is 4.06. The van der Waals surface area contributed by atoms with Crippen LogP contribution in [0.5, 0.6) is 0 Å². The topological polar surface area (TPSA) is 61.0 Å². The van der Waals surface area contributed by atoms with Crippen molar-refractivity contribution < 1.29 is 9.31 Å². The molecule has 0 bridgehead atoms. The summed E-state index contributed by atoms with van der Waals surface area (Å²) in [4.78, 5) is 9.86. The number of hydrogen-bond acceptors (Lipinski definition) is 3. The molecule has 0 spiro atoms. The zero-order valence-corrected chi connectivity index (χ0v) is 10.3. The van der Waals surface area contributed by atoms with Crippen LogP contribution in [-0.2, 0) is 6.54 Å². The maximum absolute atomic E-state index is 13.5. The lowest BCUT2D eigenvalue weighted by Crippen LogP contribution is -2.03. The van der Waals surface area contributed by atoms with Crippen LogP contribution in [-0.4, -0.2) is 14.7 Å². The second-order valence-electron chi connectivity index (χ2n) is 3.49. The van der Waals surface area contributed by atoms with Crippen LogP contribution in [0, 0.1) is 15.9 Å². The normalized spacial score (nSPS) is 10.6. The zero-order valence-electron chi connectivity index (χ0n) is 8.81. The highest BCUT2D eigenvalue weighted by Gasteiger charge is 2.19. The number of nitrogens with zero attached hydrogens (tertiary/aromatic N) is 3. The van der Waals surface area contributed by atoms with Crippen molar-refractivity contribution in [1.29, 1.82) is 0 Å². The maximum Gasteiger partial charge on any atom is 0.408 e. The van der Waals surface area contributed by atoms with Crippen molar-refractivity contribution in [3.8, 4) is 0 Å². The van der Waals surface area contributed by atoms with Gasteiger partial charge in [0.25, 0.3) is 0 Å². The second kappa shape index (κ2) is 4.91. The molecule has 0 fully saturated rings. The minimum atomic E-state index is -0.701. The van der Waals surface area contributed by atoms with Crippen molar-refractivity contribution in [2.24, 2.45) is 0 Å². The van der Waals surface area contributed by atoms with E-state index in [-0.39, 0.29) is 17.1 Å². The van der Waals surface area contributed by atoms with E-state index in [0.29, 0.717) is 5.02 Å². The molecule has 0 saturated heterocycles. The average molecular weight is 290 g/mol. The van der Waals surface area contributed by atoms with Gasteiger partial charge in [0.1, 0.15) is 5.82 Å². The summed E-state index contributed by atoms with van der Waals surface area (Å²) < 4.78 is 14.6. The third-order valence-electron chi connectivity index (χ3n) is 2.21. The molecule has 94 valence electrons. The van der Waals surface area contributed by atoms with Crippen LogP contribution >= 0.6 is 23.2 Å². The molecular weight excluding hydrogens is 284 g/mol. The summed E-state index contributed by atoms with van der Waals surface area (Å²) in [5.41, 5.74) is 0.275. The van der Waals surface area contributed by atoms with Gasteiger partial charge in [-0.25, -0.2) is 4.39 Å². The van der Waals surface area contributed by atoms with E-state index in [4.69, 9.17) is 23.2 Å². The van der Waals surface area contributed by atoms with E-state index >= 15 is 0 Å². The Kier molecular flexibility index (Phi) is 3.49. The van der Waals surface area contributed by atoms with Gasteiger partial charge in [-0.2, -0.15) is 4.68 Å². The zero-order chi connectivity index (χ0) is 13.3. The molecule has 0 aliphatic carbocycles. The summed E-state index contributed by atoms with van der Waals surface area (Å²) in [5.74, 6) is -0.923. The van der Waals surface area contributed by atoms with Gasteiger partial charge in [-0.15, -0.1) is 0 Å². The van der Waals surface area contributed by atoms with Crippen LogP contribution in [0.25, 0.3) is 0 Å². The van der Waals surface area contributed by atoms with E-state index in [1.165, 1.54) is 29.1 Å². The first-order valence-electron chi connectivity index (χ1n) is 4.78. The second-order valence-corrected chi connectivity index (χ2v) is 4.33. The Morgan fingerprint density at radius 2 is 2.17 bits per heavy atom. The number of rotatable bonds is 3. The number of aromatic nitrogens is 2. The monoisotopic (exact) mass is 289 g/mol. The fourth-order valence-electron chi connectivity index (χ4n) is 1.43. The van der Waals surface area contributed by atoms with Gasteiger partial charge in [-0.1, -0.05) is 23.2 Å². The smallest absolute Gasteiger partial charge is 0.358 e. The molecule has 2 rings (SSSR count). The van der Waals surface area contributed by atoms with Gasteiger partial charge in [0.2, 0.25) is 0 Å². The van der Waals surface area contributed by atoms with Crippen LogP contribution in [0.3, 0.4) is 0 Å². The first kappa shape index (κ1) is 12.8. The molecule has 0 aliphatic heterocycles. The van der Waals surface area contributed by atoms with E-state index in [2.05, 4.69) is 5.10 Å². The van der Waals surface area contributed by atoms with Crippen LogP contribution in [0.1, 0.15) is 5.56 Å². The van der Waals surface area contributed by atoms with Crippen molar-refractivity contribution in [3.63, 3.8) is 0 Å². The minimum Gasteiger partial charge on any atom is -0.358 e. The Morgan fingerprint density at radius 3 is 2.78 bits per heavy atom. The van der Waals surface area contributed by atoms with Crippen molar-refractivity contribution >= 4 is 29.0 Å². The van der Waals surface area contributed by atoms with Crippen molar-refractivity contribution in [2.75, 3.05) is 0 Å². The van der Waals surface area contributed by atoms with Gasteiger partial charge in [-0.3, -0.25) is 0 Å². The molecule has 0 N–H and O–H groups in total. The summed E-state index contributed by atoms with van der Waals surface area (Å²) in [6.45, 7) is 0.0138. The predicted octanol–water partition coefficient (Wildman–Crippen LogP) is 3.29. The lowest BCUT2D eigenvalue weighted by atomic mass is 10.2. The van der Waals surface area contributed by atoms with Gasteiger partial charge in [0.05, 0.1) is 17.8 Å². The standard InChI is InChI=1S/C10H6Cl2FN3O2/c11-7-1-2-9(13)6(3-7)4-15-5-8(12)10(14-15)16(17)18/h1-3,5H,4H2. The van der Waals surface area contributed by atoms with Crippen molar-refractivity contribution in [3.05, 3.63) is 55.9 Å². The summed E-state index contributed by atoms with van der Waals surface area (Å²) in [5, 5.41) is 14.5. The summed E-state index contributed by atoms with van der Waals surface area (Å²) >= 11 is 11.4. The Balaban J connectivity index is 2.31. The first-order valence-corrected chi connectivity index (χ1v) is 5.54. The number of hydrogen-bond donors (Lipinski definition) is 0. The highest BCUT2D eigenvalue weighted by molar-refractivity contribution is 6.32. The largest absolute Gasteiger partial charge is 0.408 e. The van der Waals surface area contributed by atoms with Crippen LogP contribution in [0.4, 0.5) is 10.2 Å². The molecule has 2 aromatic rings. The maximum atomic E-state index is 13.5. The molecule has 0 aliphatic rings. The Labute approximate surface area is 111 Å². The summed E-state index contributed by atoms with van der Waals surface area (Å²) in [6.07, 6.45) is 1.26. The third kappa shape index (κ3) is 2.60. The molecule has 5 nitrogen and oxygen atoms in total. The fraction of sp³-hybridized carbons (Fsp3) is 0.100. The van der Waals surface area contributed by atoms with Crippen molar-refractivity contribution in [1.82, 2.24) is 9.78 Å². The quantitative estimate of drug-likeness (QED) is 0.643. The molecule has 1 aromatic heterocycles. The van der Waals surface area contributed by atoms with Crippen LogP contribution in [0.15, 0.2) is 24.4 Å². The van der Waals surface area contributed by atoms with E-state index in [0.717, 1.165) is 0 Å². The number of nitro groups is 1. The SMILES string of the molecule is O=[N+]([O-])c1nn(Cc2cc(Cl)ccc2F)cc1Cl. The molecule has 0 atom stereocenters. The number of benzene rings is 1. The molecule has 0 unspecified atom stereocenters. The van der Waals surface area contributed by atoms with Gasteiger partial charge in [-0.05, 0) is 23.1 Å². The number of halogens is 3. The van der Waals surface area contributed by atoms with Gasteiger partial charge >= 0.3 is 5.82 Å². The van der Waals surface area contributed by atoms with Gasteiger partial charge in [0.15, 0.2) is 5.02 Å². The molecule has 18 heavy (non-hydrogen) atoms. The lowest BCUT2D eigenvalue weighted by Gasteiger charge is -2.01. The molecule has 8 heteroatoms. The van der Waals surface area contributed by atoms with E-state index in [1.54, 1.807) is 0 Å². The third-order valence-corrected chi connectivity index (χ3v) is 2.71. The molecule has 0 saturated carbocycles. The Bertz CT molecular complexity index is 615. The van der Waals surface area contributed by atoms with E-state index < -0.39 is 16.6 Å².